The normalized spacial score (nSPS) is 23.1. The predicted octanol–water partition coefficient (Wildman–Crippen LogP) is 4.88. The van der Waals surface area contributed by atoms with Crippen molar-refractivity contribution in [1.29, 1.82) is 0 Å². The van der Waals surface area contributed by atoms with Gasteiger partial charge in [-0.1, -0.05) is 12.1 Å². The molecule has 5 aromatic rings. The van der Waals surface area contributed by atoms with Gasteiger partial charge < -0.3 is 19.9 Å². The molecular formula is C42H50N10O4. The summed E-state index contributed by atoms with van der Waals surface area (Å²) in [4.78, 5) is 49.4. The first kappa shape index (κ1) is 36.3. The summed E-state index contributed by atoms with van der Waals surface area (Å²) in [5.74, 6) is 0.810. The number of hydrogen-bond donors (Lipinski definition) is 2. The minimum atomic E-state index is -0.288. The topological polar surface area (TPSA) is 142 Å². The Morgan fingerprint density at radius 3 is 2.45 bits per heavy atom. The summed E-state index contributed by atoms with van der Waals surface area (Å²) in [5.41, 5.74) is 4.11. The fraction of sp³-hybridized carbons (Fsp3) is 0.476. The summed E-state index contributed by atoms with van der Waals surface area (Å²) in [6.07, 6.45) is 13.4. The molecule has 2 N–H and O–H groups in total. The van der Waals surface area contributed by atoms with Gasteiger partial charge in [-0.25, -0.2) is 4.98 Å². The fourth-order valence-electron chi connectivity index (χ4n) is 9.40. The van der Waals surface area contributed by atoms with Crippen molar-refractivity contribution in [2.24, 2.45) is 5.92 Å². The van der Waals surface area contributed by atoms with Gasteiger partial charge in [0.15, 0.2) is 11.5 Å². The number of fused-ring (bicyclic) bond motifs is 2. The van der Waals surface area contributed by atoms with Crippen molar-refractivity contribution < 1.29 is 19.1 Å². The van der Waals surface area contributed by atoms with Gasteiger partial charge in [-0.2, -0.15) is 14.7 Å². The number of aromatic nitrogens is 5. The van der Waals surface area contributed by atoms with Crippen LogP contribution in [0.1, 0.15) is 79.2 Å². The second-order valence-corrected chi connectivity index (χ2v) is 15.9. The van der Waals surface area contributed by atoms with E-state index in [4.69, 9.17) is 9.84 Å². The number of benzene rings is 2. The van der Waals surface area contributed by atoms with Gasteiger partial charge in [0.1, 0.15) is 5.75 Å². The van der Waals surface area contributed by atoms with E-state index in [1.165, 1.54) is 51.0 Å². The van der Waals surface area contributed by atoms with E-state index >= 15 is 0 Å². The molecule has 0 radical (unpaired) electrons. The molecule has 1 unspecified atom stereocenters. The molecule has 14 nitrogen and oxygen atoms in total. The van der Waals surface area contributed by atoms with Crippen LogP contribution in [0.4, 0.5) is 11.5 Å². The van der Waals surface area contributed by atoms with Gasteiger partial charge in [0, 0.05) is 74.7 Å². The standard InChI is InChI=1S/C42H50N10O4/c1-56-37-24-36-30(23-35(37)42(55)45-39-25-43-38-3-2-16-44-52(38)39)27-51(47-36)33-8-4-28(5-9-33)26-48-17-14-32(15-18-48)50-21-19-49(20-22-50)31-10-6-29(7-11-31)34-12-13-40(53)46-41(34)54/h2-3,6-7,10-11,16,23-25,27-28,32-34H,4-5,8-9,12-15,17-22,26H2,1H3,(H,45,55)(H,46,53,54). The van der Waals surface area contributed by atoms with E-state index < -0.39 is 0 Å². The molecule has 0 bridgehead atoms. The lowest BCUT2D eigenvalue weighted by atomic mass is 9.85. The third-order valence-electron chi connectivity index (χ3n) is 12.6. The fourth-order valence-corrected chi connectivity index (χ4v) is 9.40. The first-order valence-corrected chi connectivity index (χ1v) is 20.2. The second kappa shape index (κ2) is 15.7. The predicted molar refractivity (Wildman–Crippen MR) is 213 cm³/mol. The zero-order valence-electron chi connectivity index (χ0n) is 32.0. The minimum absolute atomic E-state index is 0.172. The second-order valence-electron chi connectivity index (χ2n) is 15.9. The quantitative estimate of drug-likeness (QED) is 0.200. The van der Waals surface area contributed by atoms with Gasteiger partial charge in [0.2, 0.25) is 11.8 Å². The third-order valence-corrected chi connectivity index (χ3v) is 12.6. The Labute approximate surface area is 326 Å². The molecule has 3 aliphatic heterocycles. The number of amides is 3. The summed E-state index contributed by atoms with van der Waals surface area (Å²) in [6, 6.07) is 16.8. The third kappa shape index (κ3) is 7.47. The number of nitrogens with one attached hydrogen (secondary N) is 2. The number of likely N-dealkylation sites (tertiary alicyclic amines) is 1. The van der Waals surface area contributed by atoms with E-state index in [1.54, 1.807) is 30.1 Å². The van der Waals surface area contributed by atoms with Crippen molar-refractivity contribution >= 4 is 45.8 Å². The number of ether oxygens (including phenoxy) is 1. The van der Waals surface area contributed by atoms with E-state index in [0.717, 1.165) is 55.5 Å². The minimum Gasteiger partial charge on any atom is -0.496 e. The zero-order chi connectivity index (χ0) is 38.2. The first-order chi connectivity index (χ1) is 27.4. The Morgan fingerprint density at radius 1 is 0.911 bits per heavy atom. The van der Waals surface area contributed by atoms with Crippen LogP contribution in [0.5, 0.6) is 5.75 Å². The van der Waals surface area contributed by atoms with E-state index in [9.17, 15) is 14.4 Å². The molecule has 3 saturated heterocycles. The number of piperazine rings is 1. The number of imide groups is 1. The molecule has 4 aliphatic rings. The summed E-state index contributed by atoms with van der Waals surface area (Å²) in [7, 11) is 1.58. The molecule has 4 fully saturated rings. The zero-order valence-corrected chi connectivity index (χ0v) is 32.0. The van der Waals surface area contributed by atoms with Crippen LogP contribution in [0.2, 0.25) is 0 Å². The van der Waals surface area contributed by atoms with Crippen molar-refractivity contribution in [2.45, 2.75) is 69.4 Å². The monoisotopic (exact) mass is 758 g/mol. The van der Waals surface area contributed by atoms with E-state index in [-0.39, 0.29) is 23.6 Å². The molecule has 1 aliphatic carbocycles. The molecule has 6 heterocycles. The molecule has 14 heteroatoms. The highest BCUT2D eigenvalue weighted by Gasteiger charge is 2.31. The maximum atomic E-state index is 13.4. The van der Waals surface area contributed by atoms with E-state index in [2.05, 4.69) is 70.6 Å². The summed E-state index contributed by atoms with van der Waals surface area (Å²) in [5, 5.41) is 15.6. The Hall–Kier alpha value is -5.34. The number of rotatable bonds is 9. The molecule has 292 valence electrons. The molecule has 1 atom stereocenters. The number of carbonyl (C=O) groups is 3. The Kier molecular flexibility index (Phi) is 10.2. The first-order valence-electron chi connectivity index (χ1n) is 20.2. The number of piperidine rings is 2. The summed E-state index contributed by atoms with van der Waals surface area (Å²) in [6.45, 7) is 7.70. The Bertz CT molecular complexity index is 2210. The number of methoxy groups -OCH3 is 1. The lowest BCUT2D eigenvalue weighted by Crippen LogP contribution is -2.53. The highest BCUT2D eigenvalue weighted by Crippen LogP contribution is 2.35. The summed E-state index contributed by atoms with van der Waals surface area (Å²) < 4.78 is 9.34. The molecule has 9 rings (SSSR count). The highest BCUT2D eigenvalue weighted by atomic mass is 16.5. The number of hydrogen-bond acceptors (Lipinski definition) is 10. The van der Waals surface area contributed by atoms with Crippen molar-refractivity contribution in [3.8, 4) is 5.75 Å². The Morgan fingerprint density at radius 2 is 1.70 bits per heavy atom. The lowest BCUT2D eigenvalue weighted by Gasteiger charge is -2.44. The van der Waals surface area contributed by atoms with Crippen LogP contribution >= 0.6 is 0 Å². The molecule has 0 spiro atoms. The van der Waals surface area contributed by atoms with Crippen LogP contribution in [0.15, 0.2) is 67.1 Å². The van der Waals surface area contributed by atoms with Crippen LogP contribution in [-0.2, 0) is 9.59 Å². The van der Waals surface area contributed by atoms with Gasteiger partial charge in [-0.3, -0.25) is 29.3 Å². The molecule has 3 aromatic heterocycles. The van der Waals surface area contributed by atoms with Gasteiger partial charge >= 0.3 is 0 Å². The van der Waals surface area contributed by atoms with Crippen molar-refractivity contribution in [1.82, 2.24) is 39.5 Å². The van der Waals surface area contributed by atoms with Crippen LogP contribution in [0.25, 0.3) is 16.6 Å². The maximum absolute atomic E-state index is 13.4. The SMILES string of the molecule is COc1cc2nn(C3CCC(CN4CCC(N5CCN(c6ccc(C7CCC(=O)NC7=O)cc6)CC5)CC4)CC3)cc2cc1C(=O)Nc1cnc2cccnn12. The van der Waals surface area contributed by atoms with Crippen molar-refractivity contribution in [3.63, 3.8) is 0 Å². The average molecular weight is 759 g/mol. The van der Waals surface area contributed by atoms with Crippen LogP contribution < -0.4 is 20.3 Å². The van der Waals surface area contributed by atoms with Crippen molar-refractivity contribution in [3.05, 3.63) is 78.2 Å². The maximum Gasteiger partial charge on any atom is 0.260 e. The number of nitrogens with zero attached hydrogens (tertiary/aromatic N) is 8. The average Bonchev–Trinajstić information content (AvgIpc) is 3.85. The smallest absolute Gasteiger partial charge is 0.260 e. The van der Waals surface area contributed by atoms with E-state index in [0.29, 0.717) is 53.6 Å². The number of anilines is 2. The van der Waals surface area contributed by atoms with Crippen LogP contribution in [0, 0.1) is 5.92 Å². The van der Waals surface area contributed by atoms with Gasteiger partial charge in [0.05, 0.1) is 36.3 Å². The van der Waals surface area contributed by atoms with Crippen LogP contribution in [-0.4, -0.2) is 111 Å². The van der Waals surface area contributed by atoms with E-state index in [1.807, 2.05) is 18.2 Å². The van der Waals surface area contributed by atoms with Crippen molar-refractivity contribution in [2.75, 3.05) is 63.1 Å². The Balaban J connectivity index is 0.728. The van der Waals surface area contributed by atoms with Crippen LogP contribution in [0.3, 0.4) is 0 Å². The lowest BCUT2D eigenvalue weighted by molar-refractivity contribution is -0.134. The molecule has 3 amide bonds. The van der Waals surface area contributed by atoms with Gasteiger partial charge in [0.25, 0.3) is 5.91 Å². The molecule has 56 heavy (non-hydrogen) atoms. The largest absolute Gasteiger partial charge is 0.496 e. The molecular weight excluding hydrogens is 709 g/mol. The van der Waals surface area contributed by atoms with Gasteiger partial charge in [-0.15, -0.1) is 0 Å². The van der Waals surface area contributed by atoms with Gasteiger partial charge in [-0.05, 0) is 99.8 Å². The summed E-state index contributed by atoms with van der Waals surface area (Å²) >= 11 is 0. The number of carbonyl (C=O) groups excluding carboxylic acids is 3. The number of imidazole rings is 1. The highest BCUT2D eigenvalue weighted by molar-refractivity contribution is 6.08. The molecule has 1 saturated carbocycles. The molecule has 2 aromatic carbocycles.